The summed E-state index contributed by atoms with van der Waals surface area (Å²) in [7, 11) is -2.85. The van der Waals surface area contributed by atoms with E-state index in [-0.39, 0.29) is 0 Å². The fraction of sp³-hybridized carbons (Fsp3) is 0. The Morgan fingerprint density at radius 3 is 2.10 bits per heavy atom. The van der Waals surface area contributed by atoms with Gasteiger partial charge < -0.3 is 0 Å². The monoisotopic (exact) mass is 168 g/mol. The van der Waals surface area contributed by atoms with Crippen LogP contribution in [0.25, 0.3) is 4.25 Å². The quantitative estimate of drug-likeness (QED) is 0.258. The van der Waals surface area contributed by atoms with E-state index >= 15 is 0 Å². The van der Waals surface area contributed by atoms with Gasteiger partial charge in [0.1, 0.15) is 0 Å². The Labute approximate surface area is 64.8 Å². The zero-order valence-electron chi connectivity index (χ0n) is 4.61. The number of thiocyanates is 2. The van der Waals surface area contributed by atoms with Crippen LogP contribution in [0.4, 0.5) is 0 Å². The fourth-order valence-electron chi connectivity index (χ4n) is 0.176. The van der Waals surface area contributed by atoms with Crippen LogP contribution >= 0.6 is 22.6 Å². The van der Waals surface area contributed by atoms with E-state index in [4.69, 9.17) is 17.1 Å². The van der Waals surface area contributed by atoms with Gasteiger partial charge in [-0.25, -0.2) is 10.8 Å². The standard InChI is InChI=1S/C4N4S2/c1-7-10(2-5,3-6)8-4-9. The molecule has 0 N–H and O–H groups in total. The lowest BCUT2D eigenvalue weighted by molar-refractivity contribution is 1.55. The molecule has 0 radical (unpaired) electrons. The van der Waals surface area contributed by atoms with Crippen LogP contribution in [0.2, 0.25) is 0 Å². The van der Waals surface area contributed by atoms with Gasteiger partial charge in [-0.15, -0.1) is 0 Å². The molecule has 4 nitrogen and oxygen atoms in total. The molecule has 10 heavy (non-hydrogen) atoms. The molecular weight excluding hydrogens is 168 g/mol. The second-order valence-corrected chi connectivity index (χ2v) is 3.02. The number of isothiocyanates is 1. The third kappa shape index (κ3) is 1.55. The van der Waals surface area contributed by atoms with Crippen molar-refractivity contribution < 1.29 is 0 Å². The topological polar surface area (TPSA) is 64.3 Å². The van der Waals surface area contributed by atoms with Crippen LogP contribution in [-0.4, -0.2) is 5.16 Å². The van der Waals surface area contributed by atoms with E-state index < -0.39 is 10.4 Å². The van der Waals surface area contributed by atoms with Crippen molar-refractivity contribution in [2.75, 3.05) is 0 Å². The Kier molecular flexibility index (Phi) is 3.11. The Balaban J connectivity index is 4.99. The molecule has 0 heterocycles. The maximum Gasteiger partial charge on any atom is 0.331 e. The van der Waals surface area contributed by atoms with E-state index in [1.54, 1.807) is 0 Å². The van der Waals surface area contributed by atoms with Crippen molar-refractivity contribution in [2.24, 2.45) is 4.40 Å². The summed E-state index contributed by atoms with van der Waals surface area (Å²) in [6.45, 7) is 6.45. The number of hydrogen-bond donors (Lipinski definition) is 0. The van der Waals surface area contributed by atoms with Gasteiger partial charge in [0.25, 0.3) is 0 Å². The first kappa shape index (κ1) is 8.62. The van der Waals surface area contributed by atoms with Crippen LogP contribution in [0.5, 0.6) is 0 Å². The van der Waals surface area contributed by atoms with Gasteiger partial charge in [0.05, 0.1) is 5.16 Å². The van der Waals surface area contributed by atoms with Crippen molar-refractivity contribution in [3.63, 3.8) is 0 Å². The normalized spacial score (nSPS) is 9.30. The molecule has 0 saturated carbocycles. The van der Waals surface area contributed by atoms with Crippen molar-refractivity contribution in [3.8, 4) is 10.8 Å². The van der Waals surface area contributed by atoms with E-state index in [1.807, 2.05) is 5.16 Å². The molecule has 0 saturated heterocycles. The van der Waals surface area contributed by atoms with Crippen LogP contribution in [0.1, 0.15) is 0 Å². The Morgan fingerprint density at radius 1 is 1.50 bits per heavy atom. The number of rotatable bonds is 1. The lowest BCUT2D eigenvalue weighted by atomic mass is 11.7. The smallest absolute Gasteiger partial charge is 0.209 e. The first-order valence-corrected chi connectivity index (χ1v) is 3.83. The Morgan fingerprint density at radius 2 is 2.00 bits per heavy atom. The molecule has 6 heteroatoms. The summed E-state index contributed by atoms with van der Waals surface area (Å²) in [6, 6.07) is 0. The molecule has 0 aliphatic heterocycles. The third-order valence-electron chi connectivity index (χ3n) is 0.556. The van der Waals surface area contributed by atoms with Gasteiger partial charge in [-0.2, -0.15) is 10.5 Å². The molecule has 0 amide bonds. The highest BCUT2D eigenvalue weighted by atomic mass is 32.3. The average molecular weight is 168 g/mol. The molecule has 0 aromatic rings. The summed E-state index contributed by atoms with van der Waals surface area (Å²) in [6.07, 6.45) is 0. The molecule has 0 aromatic heterocycles. The highest BCUT2D eigenvalue weighted by Gasteiger charge is 2.28. The van der Waals surface area contributed by atoms with E-state index in [0.29, 0.717) is 0 Å². The highest BCUT2D eigenvalue weighted by molar-refractivity contribution is 8.41. The Hall–Kier alpha value is -1.38. The zero-order chi connectivity index (χ0) is 8.04. The number of hydrogen-bond acceptors (Lipinski definition) is 4. The maximum absolute atomic E-state index is 8.28. The average Bonchev–Trinajstić information content (AvgIpc) is 2.01. The van der Waals surface area contributed by atoms with Crippen LogP contribution in [0, 0.1) is 27.9 Å². The SMILES string of the molecule is [C-]#[N+]S(C#N)(C#N)N=C=S. The molecule has 0 atom stereocenters. The molecule has 48 valence electrons. The van der Waals surface area contributed by atoms with Crippen molar-refractivity contribution in [1.82, 2.24) is 0 Å². The highest BCUT2D eigenvalue weighted by Crippen LogP contribution is 2.48. The van der Waals surface area contributed by atoms with Crippen LogP contribution < -0.4 is 0 Å². The van der Waals surface area contributed by atoms with Crippen LogP contribution in [0.3, 0.4) is 0 Å². The van der Waals surface area contributed by atoms with Gasteiger partial charge in [-0.3, -0.25) is 0 Å². The van der Waals surface area contributed by atoms with Gasteiger partial charge >= 0.3 is 10.4 Å². The second kappa shape index (κ2) is 3.61. The van der Waals surface area contributed by atoms with Crippen molar-refractivity contribution in [3.05, 3.63) is 10.8 Å². The fourth-order valence-corrected chi connectivity index (χ4v) is 0.853. The van der Waals surface area contributed by atoms with Gasteiger partial charge in [0.15, 0.2) is 0 Å². The molecule has 0 spiro atoms. The summed E-state index contributed by atoms with van der Waals surface area (Å²) in [5.74, 6) is 0. The second-order valence-electron chi connectivity index (χ2n) is 1.01. The first-order valence-electron chi connectivity index (χ1n) is 1.87. The molecule has 0 fully saturated rings. The van der Waals surface area contributed by atoms with Gasteiger partial charge in [-0.1, -0.05) is 4.40 Å². The number of thiocarbonyl (C=S) groups is 1. The lowest BCUT2D eigenvalue weighted by Crippen LogP contribution is -1.77. The van der Waals surface area contributed by atoms with E-state index in [9.17, 15) is 0 Å². The largest absolute Gasteiger partial charge is 0.331 e. The summed E-state index contributed by atoms with van der Waals surface area (Å²) in [4.78, 5) is 0. The minimum absolute atomic E-state index is 1.49. The third-order valence-corrected chi connectivity index (χ3v) is 1.89. The van der Waals surface area contributed by atoms with E-state index in [2.05, 4.69) is 20.9 Å². The molecule has 0 aliphatic carbocycles. The minimum Gasteiger partial charge on any atom is -0.209 e. The van der Waals surface area contributed by atoms with Crippen LogP contribution in [-0.2, 0) is 0 Å². The summed E-state index contributed by atoms with van der Waals surface area (Å²) >= 11 is 4.16. The number of nitriles is 2. The Bertz CT molecular complexity index is 259. The van der Waals surface area contributed by atoms with Crippen molar-refractivity contribution in [2.45, 2.75) is 0 Å². The van der Waals surface area contributed by atoms with Crippen molar-refractivity contribution >= 4 is 27.8 Å². The van der Waals surface area contributed by atoms with E-state index in [0.717, 1.165) is 0 Å². The van der Waals surface area contributed by atoms with Crippen molar-refractivity contribution in [1.29, 1.82) is 10.5 Å². The maximum atomic E-state index is 8.28. The summed E-state index contributed by atoms with van der Waals surface area (Å²) in [5.41, 5.74) is 0. The predicted molar refractivity (Wildman–Crippen MR) is 40.4 cm³/mol. The first-order chi connectivity index (χ1) is 4.74. The molecule has 0 aliphatic rings. The van der Waals surface area contributed by atoms with Gasteiger partial charge in [-0.05, 0) is 12.2 Å². The van der Waals surface area contributed by atoms with Crippen LogP contribution in [0.15, 0.2) is 4.40 Å². The molecule has 0 aromatic carbocycles. The number of nitrogens with zero attached hydrogens (tertiary/aromatic N) is 4. The minimum atomic E-state index is -2.85. The van der Waals surface area contributed by atoms with Gasteiger partial charge in [0, 0.05) is 0 Å². The zero-order valence-corrected chi connectivity index (χ0v) is 6.24. The summed E-state index contributed by atoms with van der Waals surface area (Å²) in [5, 5.41) is 21.4. The molecule has 0 rings (SSSR count). The molecule has 0 unspecified atom stereocenters. The van der Waals surface area contributed by atoms with Gasteiger partial charge in [0.2, 0.25) is 10.8 Å². The predicted octanol–water partition coefficient (Wildman–Crippen LogP) is 1.61. The molecule has 0 bridgehead atoms. The summed E-state index contributed by atoms with van der Waals surface area (Å²) < 4.78 is 5.94. The molecular formula is C4N4S2. The van der Waals surface area contributed by atoms with E-state index in [1.165, 1.54) is 10.8 Å². The lowest BCUT2D eigenvalue weighted by Gasteiger charge is -1.95.